The van der Waals surface area contributed by atoms with Crippen LogP contribution in [0, 0.1) is 13.8 Å². The van der Waals surface area contributed by atoms with E-state index in [4.69, 9.17) is 4.74 Å². The lowest BCUT2D eigenvalue weighted by Gasteiger charge is -2.09. The number of hydrogen-bond donors (Lipinski definition) is 0. The summed E-state index contributed by atoms with van der Waals surface area (Å²) in [4.78, 5) is 0. The largest absolute Gasteiger partial charge is 0.496 e. The van der Waals surface area contributed by atoms with Crippen molar-refractivity contribution in [3.05, 3.63) is 34.9 Å². The molecule has 0 aliphatic heterocycles. The molecule has 0 aliphatic rings. The van der Waals surface area contributed by atoms with E-state index in [1.54, 1.807) is 7.11 Å². The maximum absolute atomic E-state index is 5.28. The second-order valence-corrected chi connectivity index (χ2v) is 3.19. The Labute approximate surface area is 80.0 Å². The molecule has 0 bridgehead atoms. The molecule has 0 saturated heterocycles. The van der Waals surface area contributed by atoms with Gasteiger partial charge in [0.1, 0.15) is 5.75 Å². The Morgan fingerprint density at radius 3 is 2.08 bits per heavy atom. The third kappa shape index (κ3) is 2.11. The smallest absolute Gasteiger partial charge is 0.124 e. The van der Waals surface area contributed by atoms with Crippen LogP contribution in [0.5, 0.6) is 5.75 Å². The molecule has 1 aromatic rings. The first-order chi connectivity index (χ1) is 6.19. The molecule has 13 heavy (non-hydrogen) atoms. The highest BCUT2D eigenvalue weighted by atomic mass is 16.5. The highest BCUT2D eigenvalue weighted by molar-refractivity contribution is 5.55. The fourth-order valence-corrected chi connectivity index (χ4v) is 1.59. The number of benzene rings is 1. The van der Waals surface area contributed by atoms with Crippen LogP contribution < -0.4 is 4.74 Å². The van der Waals surface area contributed by atoms with Gasteiger partial charge in [0.15, 0.2) is 0 Å². The van der Waals surface area contributed by atoms with Crippen molar-refractivity contribution >= 4 is 6.08 Å². The molecule has 0 N–H and O–H groups in total. The van der Waals surface area contributed by atoms with Gasteiger partial charge in [0, 0.05) is 0 Å². The number of hydrogen-bond acceptors (Lipinski definition) is 1. The van der Waals surface area contributed by atoms with Gasteiger partial charge in [0.25, 0.3) is 0 Å². The van der Waals surface area contributed by atoms with E-state index in [-0.39, 0.29) is 0 Å². The van der Waals surface area contributed by atoms with Crippen molar-refractivity contribution in [3.63, 3.8) is 0 Å². The van der Waals surface area contributed by atoms with Crippen LogP contribution in [0.15, 0.2) is 18.2 Å². The molecular formula is C12H16O. The molecule has 0 amide bonds. The van der Waals surface area contributed by atoms with E-state index in [1.807, 2.05) is 13.0 Å². The van der Waals surface area contributed by atoms with Crippen LogP contribution in [0.25, 0.3) is 6.08 Å². The molecule has 1 heteroatoms. The minimum absolute atomic E-state index is 0.994. The molecule has 1 nitrogen and oxygen atoms in total. The van der Waals surface area contributed by atoms with Crippen LogP contribution in [-0.4, -0.2) is 7.11 Å². The Bertz CT molecular complexity index is 301. The maximum Gasteiger partial charge on any atom is 0.124 e. The zero-order chi connectivity index (χ0) is 9.84. The van der Waals surface area contributed by atoms with Gasteiger partial charge in [-0.25, -0.2) is 0 Å². The molecule has 0 aromatic heterocycles. The summed E-state index contributed by atoms with van der Waals surface area (Å²) in [6.45, 7) is 6.16. The van der Waals surface area contributed by atoms with E-state index in [0.29, 0.717) is 0 Å². The molecule has 1 rings (SSSR count). The molecule has 0 saturated carbocycles. The predicted molar refractivity (Wildman–Crippen MR) is 57.2 cm³/mol. The summed E-state index contributed by atoms with van der Waals surface area (Å²) in [7, 11) is 1.71. The van der Waals surface area contributed by atoms with Crippen LogP contribution in [-0.2, 0) is 0 Å². The van der Waals surface area contributed by atoms with E-state index in [9.17, 15) is 0 Å². The lowest BCUT2D eigenvalue weighted by atomic mass is 10.1. The Balaban J connectivity index is 3.20. The molecule has 0 unspecified atom stereocenters. The summed E-state index contributed by atoms with van der Waals surface area (Å²) in [5.74, 6) is 0.994. The number of aryl methyl sites for hydroxylation is 2. The molecule has 0 fully saturated rings. The Morgan fingerprint density at radius 1 is 1.15 bits per heavy atom. The first-order valence-electron chi connectivity index (χ1n) is 4.47. The van der Waals surface area contributed by atoms with Crippen LogP contribution >= 0.6 is 0 Å². The fourth-order valence-electron chi connectivity index (χ4n) is 1.59. The highest BCUT2D eigenvalue weighted by Crippen LogP contribution is 2.24. The van der Waals surface area contributed by atoms with E-state index in [0.717, 1.165) is 5.75 Å². The van der Waals surface area contributed by atoms with Crippen molar-refractivity contribution in [2.45, 2.75) is 20.8 Å². The van der Waals surface area contributed by atoms with Gasteiger partial charge < -0.3 is 4.74 Å². The first kappa shape index (κ1) is 9.85. The number of ether oxygens (including phenoxy) is 1. The van der Waals surface area contributed by atoms with Gasteiger partial charge in [-0.3, -0.25) is 0 Å². The van der Waals surface area contributed by atoms with Crippen molar-refractivity contribution in [1.29, 1.82) is 0 Å². The summed E-state index contributed by atoms with van der Waals surface area (Å²) in [6.07, 6.45) is 4.14. The lowest BCUT2D eigenvalue weighted by Crippen LogP contribution is -1.91. The highest BCUT2D eigenvalue weighted by Gasteiger charge is 2.02. The zero-order valence-corrected chi connectivity index (χ0v) is 8.72. The minimum atomic E-state index is 0.994. The quantitative estimate of drug-likeness (QED) is 0.671. The van der Waals surface area contributed by atoms with Gasteiger partial charge in [0.05, 0.1) is 7.11 Å². The first-order valence-corrected chi connectivity index (χ1v) is 4.47. The monoisotopic (exact) mass is 176 g/mol. The summed E-state index contributed by atoms with van der Waals surface area (Å²) in [6, 6.07) is 4.26. The van der Waals surface area contributed by atoms with E-state index < -0.39 is 0 Å². The number of methoxy groups -OCH3 is 1. The van der Waals surface area contributed by atoms with Gasteiger partial charge in [-0.05, 0) is 49.6 Å². The van der Waals surface area contributed by atoms with Gasteiger partial charge in [-0.15, -0.1) is 0 Å². The van der Waals surface area contributed by atoms with Crippen molar-refractivity contribution in [2.75, 3.05) is 7.11 Å². The molecule has 0 heterocycles. The third-order valence-electron chi connectivity index (χ3n) is 2.05. The Hall–Kier alpha value is -1.24. The van der Waals surface area contributed by atoms with Gasteiger partial charge in [-0.1, -0.05) is 12.2 Å². The number of allylic oxidation sites excluding steroid dienone is 1. The standard InChI is InChI=1S/C12H16O/c1-5-6-11-7-9(2)12(13-4)10(3)8-11/h5-8H,1-4H3. The van der Waals surface area contributed by atoms with Crippen molar-refractivity contribution in [3.8, 4) is 5.75 Å². The van der Waals surface area contributed by atoms with E-state index >= 15 is 0 Å². The third-order valence-corrected chi connectivity index (χ3v) is 2.05. The summed E-state index contributed by atoms with van der Waals surface area (Å²) < 4.78 is 5.28. The van der Waals surface area contributed by atoms with Gasteiger partial charge in [-0.2, -0.15) is 0 Å². The average Bonchev–Trinajstić information content (AvgIpc) is 2.04. The summed E-state index contributed by atoms with van der Waals surface area (Å²) in [5.41, 5.74) is 3.62. The molecular weight excluding hydrogens is 160 g/mol. The van der Waals surface area contributed by atoms with Crippen LogP contribution in [0.1, 0.15) is 23.6 Å². The van der Waals surface area contributed by atoms with Crippen LogP contribution in [0.3, 0.4) is 0 Å². The minimum Gasteiger partial charge on any atom is -0.496 e. The van der Waals surface area contributed by atoms with Crippen molar-refractivity contribution in [2.24, 2.45) is 0 Å². The molecule has 0 spiro atoms. The van der Waals surface area contributed by atoms with Crippen LogP contribution in [0.4, 0.5) is 0 Å². The average molecular weight is 176 g/mol. The molecule has 1 aromatic carbocycles. The van der Waals surface area contributed by atoms with Crippen LogP contribution in [0.2, 0.25) is 0 Å². The normalized spacial score (nSPS) is 10.8. The maximum atomic E-state index is 5.28. The molecule has 0 radical (unpaired) electrons. The molecule has 0 aliphatic carbocycles. The summed E-state index contributed by atoms with van der Waals surface area (Å²) in [5, 5.41) is 0. The molecule has 70 valence electrons. The summed E-state index contributed by atoms with van der Waals surface area (Å²) >= 11 is 0. The lowest BCUT2D eigenvalue weighted by molar-refractivity contribution is 0.408. The van der Waals surface area contributed by atoms with Gasteiger partial charge >= 0.3 is 0 Å². The molecule has 0 atom stereocenters. The number of rotatable bonds is 2. The second kappa shape index (κ2) is 4.13. The fraction of sp³-hybridized carbons (Fsp3) is 0.333. The second-order valence-electron chi connectivity index (χ2n) is 3.19. The topological polar surface area (TPSA) is 9.23 Å². The zero-order valence-electron chi connectivity index (χ0n) is 8.72. The Morgan fingerprint density at radius 2 is 1.69 bits per heavy atom. The predicted octanol–water partition coefficient (Wildman–Crippen LogP) is 3.35. The Kier molecular flexibility index (Phi) is 3.13. The van der Waals surface area contributed by atoms with E-state index in [2.05, 4.69) is 32.1 Å². The van der Waals surface area contributed by atoms with Gasteiger partial charge in [0.2, 0.25) is 0 Å². The SMILES string of the molecule is CC=Cc1cc(C)c(OC)c(C)c1. The van der Waals surface area contributed by atoms with Crippen molar-refractivity contribution in [1.82, 2.24) is 0 Å². The van der Waals surface area contributed by atoms with E-state index in [1.165, 1.54) is 16.7 Å². The van der Waals surface area contributed by atoms with Crippen molar-refractivity contribution < 1.29 is 4.74 Å².